The predicted molar refractivity (Wildman–Crippen MR) is 70.8 cm³/mol. The Hall–Kier alpha value is -1.10. The summed E-state index contributed by atoms with van der Waals surface area (Å²) in [7, 11) is 1.84. The fourth-order valence-electron chi connectivity index (χ4n) is 2.22. The van der Waals surface area contributed by atoms with Crippen LogP contribution in [0.5, 0.6) is 0 Å². The van der Waals surface area contributed by atoms with Gasteiger partial charge < -0.3 is 10.2 Å². The first-order chi connectivity index (χ1) is 8.24. The fraction of sp³-hybridized carbons (Fsp3) is 0.667. The van der Waals surface area contributed by atoms with Crippen molar-refractivity contribution in [2.75, 3.05) is 25.5 Å². The van der Waals surface area contributed by atoms with E-state index in [1.807, 2.05) is 18.9 Å². The molecule has 0 spiro atoms. The molecule has 0 aromatic carbocycles. The van der Waals surface area contributed by atoms with Gasteiger partial charge >= 0.3 is 0 Å². The van der Waals surface area contributed by atoms with E-state index in [0.717, 1.165) is 42.2 Å². The lowest BCUT2D eigenvalue weighted by Gasteiger charge is -2.20. The van der Waals surface area contributed by atoms with Gasteiger partial charge in [0, 0.05) is 20.1 Å². The molecule has 0 unspecified atom stereocenters. The van der Waals surface area contributed by atoms with Crippen LogP contribution < -0.4 is 5.32 Å². The van der Waals surface area contributed by atoms with Crippen LogP contribution in [0.1, 0.15) is 41.7 Å². The van der Waals surface area contributed by atoms with Crippen molar-refractivity contribution in [3.8, 4) is 0 Å². The van der Waals surface area contributed by atoms with Crippen LogP contribution in [-0.4, -0.2) is 35.3 Å². The lowest BCUT2D eigenvalue weighted by molar-refractivity contribution is 0.0762. The molecule has 1 amide bonds. The topological polar surface area (TPSA) is 45.2 Å². The molecule has 17 heavy (non-hydrogen) atoms. The monoisotopic (exact) mass is 253 g/mol. The minimum absolute atomic E-state index is 0.141. The summed E-state index contributed by atoms with van der Waals surface area (Å²) in [4.78, 5) is 14.4. The van der Waals surface area contributed by atoms with Gasteiger partial charge in [-0.05, 0) is 31.3 Å². The third-order valence-electron chi connectivity index (χ3n) is 3.20. The van der Waals surface area contributed by atoms with Crippen LogP contribution in [0.15, 0.2) is 0 Å². The molecule has 94 valence electrons. The Balaban J connectivity index is 2.20. The molecule has 2 heterocycles. The van der Waals surface area contributed by atoms with Gasteiger partial charge in [0.15, 0.2) is 0 Å². The Morgan fingerprint density at radius 2 is 1.94 bits per heavy atom. The summed E-state index contributed by atoms with van der Waals surface area (Å²) in [6.45, 7) is 3.68. The van der Waals surface area contributed by atoms with Gasteiger partial charge in [0.1, 0.15) is 5.00 Å². The molecule has 0 aliphatic carbocycles. The molecule has 2 rings (SSSR count). The van der Waals surface area contributed by atoms with Crippen LogP contribution in [0.2, 0.25) is 0 Å². The van der Waals surface area contributed by atoms with Gasteiger partial charge in [0.2, 0.25) is 0 Å². The second-order valence-electron chi connectivity index (χ2n) is 4.43. The number of nitrogens with zero attached hydrogens (tertiary/aromatic N) is 2. The zero-order valence-corrected chi connectivity index (χ0v) is 11.3. The maximum absolute atomic E-state index is 12.5. The van der Waals surface area contributed by atoms with E-state index in [2.05, 4.69) is 9.69 Å². The van der Waals surface area contributed by atoms with E-state index in [1.54, 1.807) is 0 Å². The van der Waals surface area contributed by atoms with Crippen molar-refractivity contribution in [3.63, 3.8) is 0 Å². The van der Waals surface area contributed by atoms with Crippen molar-refractivity contribution in [1.82, 2.24) is 9.27 Å². The van der Waals surface area contributed by atoms with E-state index in [-0.39, 0.29) is 5.91 Å². The number of amides is 1. The number of aromatic nitrogens is 1. The molecule has 1 aromatic rings. The van der Waals surface area contributed by atoms with E-state index >= 15 is 0 Å². The number of hydrogen-bond donors (Lipinski definition) is 1. The normalized spacial score (nSPS) is 16.7. The number of anilines is 1. The third-order valence-corrected chi connectivity index (χ3v) is 4.15. The molecular weight excluding hydrogens is 234 g/mol. The van der Waals surface area contributed by atoms with Gasteiger partial charge in [-0.25, -0.2) is 0 Å². The summed E-state index contributed by atoms with van der Waals surface area (Å²) in [5.41, 5.74) is 1.60. The highest BCUT2D eigenvalue weighted by Crippen LogP contribution is 2.26. The number of rotatable bonds is 2. The second-order valence-corrected chi connectivity index (χ2v) is 5.20. The molecule has 1 aromatic heterocycles. The average Bonchev–Trinajstić information content (AvgIpc) is 2.56. The molecule has 0 radical (unpaired) electrons. The third kappa shape index (κ3) is 2.60. The number of aryl methyl sites for hydroxylation is 1. The quantitative estimate of drug-likeness (QED) is 0.881. The Morgan fingerprint density at radius 1 is 1.29 bits per heavy atom. The fourth-order valence-corrected chi connectivity index (χ4v) is 2.96. The largest absolute Gasteiger partial charge is 0.378 e. The molecule has 0 bridgehead atoms. The molecule has 0 saturated carbocycles. The summed E-state index contributed by atoms with van der Waals surface area (Å²) in [5, 5.41) is 3.95. The van der Waals surface area contributed by atoms with Crippen molar-refractivity contribution in [2.24, 2.45) is 0 Å². The Bertz CT molecular complexity index is 394. The zero-order chi connectivity index (χ0) is 12.3. The van der Waals surface area contributed by atoms with Crippen LogP contribution >= 0.6 is 11.5 Å². The van der Waals surface area contributed by atoms with Gasteiger partial charge in [-0.1, -0.05) is 12.8 Å². The van der Waals surface area contributed by atoms with E-state index in [9.17, 15) is 4.79 Å². The van der Waals surface area contributed by atoms with Crippen LogP contribution in [0.4, 0.5) is 5.00 Å². The first-order valence-electron chi connectivity index (χ1n) is 6.17. The Labute approximate surface area is 106 Å². The lowest BCUT2D eigenvalue weighted by Crippen LogP contribution is -2.32. The van der Waals surface area contributed by atoms with Crippen LogP contribution in [-0.2, 0) is 0 Å². The zero-order valence-electron chi connectivity index (χ0n) is 10.5. The number of likely N-dealkylation sites (tertiary alicyclic amines) is 1. The maximum Gasteiger partial charge on any atom is 0.258 e. The van der Waals surface area contributed by atoms with Crippen molar-refractivity contribution in [2.45, 2.75) is 32.6 Å². The van der Waals surface area contributed by atoms with Gasteiger partial charge in [0.25, 0.3) is 5.91 Å². The number of hydrogen-bond acceptors (Lipinski definition) is 4. The van der Waals surface area contributed by atoms with Gasteiger partial charge in [-0.15, -0.1) is 0 Å². The van der Waals surface area contributed by atoms with Crippen LogP contribution in [0.25, 0.3) is 0 Å². The average molecular weight is 253 g/mol. The minimum atomic E-state index is 0.141. The van der Waals surface area contributed by atoms with Crippen molar-refractivity contribution in [1.29, 1.82) is 0 Å². The number of carbonyl (C=O) groups is 1. The molecule has 4 nitrogen and oxygen atoms in total. The molecular formula is C12H19N3OS. The summed E-state index contributed by atoms with van der Waals surface area (Å²) in [5.74, 6) is 0.141. The SMILES string of the molecule is CNc1snc(C)c1C(=O)N1CCCCCC1. The van der Waals surface area contributed by atoms with E-state index in [1.165, 1.54) is 24.4 Å². The van der Waals surface area contributed by atoms with E-state index in [0.29, 0.717) is 0 Å². The van der Waals surface area contributed by atoms with Gasteiger partial charge in [-0.2, -0.15) is 4.37 Å². The molecule has 0 atom stereocenters. The standard InChI is InChI=1S/C12H19N3OS/c1-9-10(11(13-2)17-14-9)12(16)15-7-5-3-4-6-8-15/h13H,3-8H2,1-2H3. The van der Waals surface area contributed by atoms with Crippen molar-refractivity contribution in [3.05, 3.63) is 11.3 Å². The van der Waals surface area contributed by atoms with Gasteiger partial charge in [0.05, 0.1) is 11.3 Å². The summed E-state index contributed by atoms with van der Waals surface area (Å²) >= 11 is 1.37. The van der Waals surface area contributed by atoms with Crippen molar-refractivity contribution >= 4 is 22.4 Å². The van der Waals surface area contributed by atoms with Crippen LogP contribution in [0, 0.1) is 6.92 Å². The first-order valence-corrected chi connectivity index (χ1v) is 6.94. The minimum Gasteiger partial charge on any atom is -0.378 e. The molecule has 1 fully saturated rings. The highest BCUT2D eigenvalue weighted by molar-refractivity contribution is 7.10. The lowest BCUT2D eigenvalue weighted by atomic mass is 10.2. The predicted octanol–water partition coefficient (Wildman–Crippen LogP) is 2.51. The van der Waals surface area contributed by atoms with Crippen molar-refractivity contribution < 1.29 is 4.79 Å². The summed E-state index contributed by atoms with van der Waals surface area (Å²) < 4.78 is 4.26. The maximum atomic E-state index is 12.5. The van der Waals surface area contributed by atoms with Gasteiger partial charge in [-0.3, -0.25) is 4.79 Å². The summed E-state index contributed by atoms with van der Waals surface area (Å²) in [6.07, 6.45) is 4.72. The molecule has 1 N–H and O–H groups in total. The molecule has 1 aliphatic rings. The second kappa shape index (κ2) is 5.49. The highest BCUT2D eigenvalue weighted by Gasteiger charge is 2.23. The molecule has 1 aliphatic heterocycles. The molecule has 1 saturated heterocycles. The first kappa shape index (κ1) is 12.4. The Kier molecular flexibility index (Phi) is 3.99. The smallest absolute Gasteiger partial charge is 0.258 e. The van der Waals surface area contributed by atoms with Crippen LogP contribution in [0.3, 0.4) is 0 Å². The number of carbonyl (C=O) groups excluding carboxylic acids is 1. The Morgan fingerprint density at radius 3 is 2.53 bits per heavy atom. The van der Waals surface area contributed by atoms with E-state index in [4.69, 9.17) is 0 Å². The highest BCUT2D eigenvalue weighted by atomic mass is 32.1. The molecule has 5 heteroatoms. The summed E-state index contributed by atoms with van der Waals surface area (Å²) in [6, 6.07) is 0. The van der Waals surface area contributed by atoms with E-state index < -0.39 is 0 Å². The number of nitrogens with one attached hydrogen (secondary N) is 1.